The number of ether oxygens (including phenoxy) is 5. The van der Waals surface area contributed by atoms with E-state index in [1.807, 2.05) is 61.5 Å². The number of aldehydes is 1. The van der Waals surface area contributed by atoms with Crippen LogP contribution in [0.4, 0.5) is 0 Å². The number of carbonyl (C=O) groups excluding carboxylic acids is 2. The Hall–Kier alpha value is -2.14. The number of benzene rings is 2. The Balaban J connectivity index is 1.68. The molecule has 0 heterocycles. The van der Waals surface area contributed by atoms with Crippen LogP contribution in [0.3, 0.4) is 0 Å². The molecule has 0 amide bonds. The zero-order valence-corrected chi connectivity index (χ0v) is 29.3. The molecule has 0 aromatic heterocycles. The van der Waals surface area contributed by atoms with E-state index in [1.54, 1.807) is 6.92 Å². The van der Waals surface area contributed by atoms with Gasteiger partial charge in [-0.15, -0.1) is 0 Å². The second kappa shape index (κ2) is 15.9. The predicted octanol–water partition coefficient (Wildman–Crippen LogP) is 7.50. The first kappa shape index (κ1) is 34.7. The summed E-state index contributed by atoms with van der Waals surface area (Å²) in [7, 11) is -1.29. The summed E-state index contributed by atoms with van der Waals surface area (Å²) in [6, 6.07) is 19.0. The molecule has 2 aliphatic rings. The lowest BCUT2D eigenvalue weighted by Crippen LogP contribution is -2.59. The van der Waals surface area contributed by atoms with Crippen LogP contribution < -0.4 is 0 Å². The fraction of sp³-hybridized carbons (Fsp3) is 0.543. The van der Waals surface area contributed by atoms with Gasteiger partial charge in [-0.2, -0.15) is 0 Å². The third kappa shape index (κ3) is 8.36. The first-order valence-electron chi connectivity index (χ1n) is 15.6. The smallest absolute Gasteiger partial charge is 0.317 e. The van der Waals surface area contributed by atoms with Crippen molar-refractivity contribution in [2.75, 3.05) is 20.0 Å². The van der Waals surface area contributed by atoms with Crippen LogP contribution in [0.15, 0.2) is 70.2 Å². The van der Waals surface area contributed by atoms with Crippen LogP contribution in [0.1, 0.15) is 44.2 Å². The maximum atomic E-state index is 13.9. The highest BCUT2D eigenvalue weighted by atomic mass is 79.9. The van der Waals surface area contributed by atoms with Crippen molar-refractivity contribution < 1.29 is 33.3 Å². The van der Waals surface area contributed by atoms with Crippen LogP contribution >= 0.6 is 15.9 Å². The third-order valence-corrected chi connectivity index (χ3v) is 11.3. The van der Waals surface area contributed by atoms with E-state index in [2.05, 4.69) is 35.6 Å². The van der Waals surface area contributed by atoms with Crippen LogP contribution in [0, 0.1) is 11.3 Å². The second-order valence-corrected chi connectivity index (χ2v) is 19.5. The second-order valence-electron chi connectivity index (χ2n) is 13.0. The van der Waals surface area contributed by atoms with E-state index in [0.29, 0.717) is 50.2 Å². The highest BCUT2D eigenvalue weighted by molar-refractivity contribution is 9.10. The van der Waals surface area contributed by atoms with Crippen molar-refractivity contribution in [1.29, 1.82) is 0 Å². The molecular formula is C35H47BrO7Si. The summed E-state index contributed by atoms with van der Waals surface area (Å²) in [6.45, 7) is 12.3. The minimum absolute atomic E-state index is 0.0681. The van der Waals surface area contributed by atoms with Crippen molar-refractivity contribution >= 4 is 36.3 Å². The number of hydrogen-bond acceptors (Lipinski definition) is 7. The topological polar surface area (TPSA) is 80.3 Å². The average molecular weight is 688 g/mol. The lowest BCUT2D eigenvalue weighted by Gasteiger charge is -2.53. The average Bonchev–Trinajstić information content (AvgIpc) is 3.00. The molecule has 0 radical (unpaired) electrons. The molecule has 0 N–H and O–H groups in total. The zero-order chi connectivity index (χ0) is 31.7. The molecular weight excluding hydrogens is 640 g/mol. The van der Waals surface area contributed by atoms with Crippen molar-refractivity contribution in [3.8, 4) is 0 Å². The first-order chi connectivity index (χ1) is 21.1. The zero-order valence-electron chi connectivity index (χ0n) is 26.7. The Bertz CT molecular complexity index is 1280. The molecule has 1 fully saturated rings. The molecule has 0 aliphatic heterocycles. The minimum Gasteiger partial charge on any atom is -0.465 e. The highest BCUT2D eigenvalue weighted by Gasteiger charge is 2.61. The molecule has 9 heteroatoms. The van der Waals surface area contributed by atoms with Crippen LogP contribution in [0.2, 0.25) is 25.7 Å². The summed E-state index contributed by atoms with van der Waals surface area (Å²) in [5.74, 6) is -0.796. The van der Waals surface area contributed by atoms with E-state index < -0.39 is 31.6 Å². The number of esters is 1. The van der Waals surface area contributed by atoms with Gasteiger partial charge in [0.05, 0.1) is 32.0 Å². The largest absolute Gasteiger partial charge is 0.465 e. The normalized spacial score (nSPS) is 25.4. The van der Waals surface area contributed by atoms with E-state index in [0.717, 1.165) is 27.9 Å². The Morgan fingerprint density at radius 1 is 1.02 bits per heavy atom. The lowest BCUT2D eigenvalue weighted by molar-refractivity contribution is -0.199. The number of fused-ring (bicyclic) bond motifs is 1. The van der Waals surface area contributed by atoms with E-state index >= 15 is 0 Å². The van der Waals surface area contributed by atoms with Crippen molar-refractivity contribution in [1.82, 2.24) is 0 Å². The number of hydrogen-bond donors (Lipinski definition) is 0. The molecule has 2 aliphatic carbocycles. The van der Waals surface area contributed by atoms with E-state index in [9.17, 15) is 9.59 Å². The third-order valence-electron chi connectivity index (χ3n) is 8.84. The Kier molecular flexibility index (Phi) is 12.6. The number of halogens is 1. The quantitative estimate of drug-likeness (QED) is 0.0631. The maximum absolute atomic E-state index is 13.9. The van der Waals surface area contributed by atoms with Gasteiger partial charge < -0.3 is 23.7 Å². The van der Waals surface area contributed by atoms with Crippen LogP contribution in [-0.2, 0) is 46.5 Å². The van der Waals surface area contributed by atoms with Crippen LogP contribution in [-0.4, -0.2) is 58.6 Å². The van der Waals surface area contributed by atoms with Crippen LogP contribution in [0.25, 0.3) is 0 Å². The van der Waals surface area contributed by atoms with Crippen molar-refractivity contribution in [3.63, 3.8) is 0 Å². The maximum Gasteiger partial charge on any atom is 0.317 e. The predicted molar refractivity (Wildman–Crippen MR) is 177 cm³/mol. The fourth-order valence-electron chi connectivity index (χ4n) is 6.43. The SMILES string of the molecule is CCOC(=O)[C@]12CC[C@H](OCc3ccccc3)C[C@@H]1[C@@H](OCOCC[Si](C)(C)C)[C@@H](OCc1ccccc1Br)C(C)=C2C=O. The molecule has 0 spiro atoms. The Morgan fingerprint density at radius 2 is 1.75 bits per heavy atom. The fourth-order valence-corrected chi connectivity index (χ4v) is 7.59. The van der Waals surface area contributed by atoms with E-state index in [4.69, 9.17) is 23.7 Å². The minimum atomic E-state index is -1.29. The summed E-state index contributed by atoms with van der Waals surface area (Å²) in [5, 5.41) is 0. The summed E-state index contributed by atoms with van der Waals surface area (Å²) in [4.78, 5) is 26.8. The molecule has 5 atom stereocenters. The van der Waals surface area contributed by atoms with E-state index in [-0.39, 0.29) is 25.5 Å². The van der Waals surface area contributed by atoms with Gasteiger partial charge in [-0.05, 0) is 61.9 Å². The van der Waals surface area contributed by atoms with Gasteiger partial charge in [-0.3, -0.25) is 9.59 Å². The molecule has 44 heavy (non-hydrogen) atoms. The van der Waals surface area contributed by atoms with Crippen LogP contribution in [0.5, 0.6) is 0 Å². The molecule has 240 valence electrons. The standard InChI is InChI=1S/C35H47BrO7Si/c1-6-40-34(38)35-17-16-28(41-22-26-12-8-7-9-13-26)20-29(35)33(43-24-39-18-19-44(3,4)5)32(25(2)30(35)21-37)42-23-27-14-10-11-15-31(27)36/h7-15,21,28-29,32-33H,6,16-20,22-24H2,1-5H3/t28-,29+,32-,33+,35+/m0/s1. The van der Waals surface area contributed by atoms with Gasteiger partial charge >= 0.3 is 5.97 Å². The summed E-state index contributed by atoms with van der Waals surface area (Å²) in [5.41, 5.74) is 2.06. The van der Waals surface area contributed by atoms with Crippen molar-refractivity contribution in [2.45, 2.75) is 90.3 Å². The molecule has 7 nitrogen and oxygen atoms in total. The van der Waals surface area contributed by atoms with Gasteiger partial charge in [-0.25, -0.2) is 0 Å². The van der Waals surface area contributed by atoms with Gasteiger partial charge in [0.25, 0.3) is 0 Å². The molecule has 0 bridgehead atoms. The van der Waals surface area contributed by atoms with Crippen molar-refractivity contribution in [3.05, 3.63) is 81.3 Å². The lowest BCUT2D eigenvalue weighted by atomic mass is 9.55. The summed E-state index contributed by atoms with van der Waals surface area (Å²) in [6.07, 6.45) is 1.15. The van der Waals surface area contributed by atoms with Gasteiger partial charge in [-0.1, -0.05) is 84.1 Å². The van der Waals surface area contributed by atoms with Gasteiger partial charge in [0.2, 0.25) is 0 Å². The van der Waals surface area contributed by atoms with Gasteiger partial charge in [0.1, 0.15) is 24.6 Å². The van der Waals surface area contributed by atoms with E-state index in [1.165, 1.54) is 0 Å². The van der Waals surface area contributed by atoms with Crippen molar-refractivity contribution in [2.24, 2.45) is 11.3 Å². The highest BCUT2D eigenvalue weighted by Crippen LogP contribution is 2.55. The molecule has 0 saturated heterocycles. The molecule has 2 aromatic carbocycles. The first-order valence-corrected chi connectivity index (χ1v) is 20.1. The van der Waals surface area contributed by atoms with Gasteiger partial charge in [0, 0.05) is 30.6 Å². The molecule has 2 aromatic rings. The molecule has 4 rings (SSSR count). The molecule has 1 saturated carbocycles. The molecule has 0 unspecified atom stereocenters. The monoisotopic (exact) mass is 686 g/mol. The number of carbonyl (C=O) groups is 2. The Labute approximate surface area is 271 Å². The van der Waals surface area contributed by atoms with Gasteiger partial charge in [0.15, 0.2) is 0 Å². The summed E-state index contributed by atoms with van der Waals surface area (Å²) >= 11 is 3.62. The summed E-state index contributed by atoms with van der Waals surface area (Å²) < 4.78 is 32.2. The number of rotatable bonds is 15. The Morgan fingerprint density at radius 3 is 2.43 bits per heavy atom.